The maximum atomic E-state index is 6.46. The minimum absolute atomic E-state index is 0.0609. The van der Waals surface area contributed by atoms with Crippen molar-refractivity contribution in [3.05, 3.63) is 181 Å². The molecule has 57 heavy (non-hydrogen) atoms. The summed E-state index contributed by atoms with van der Waals surface area (Å²) in [6, 6.07) is 60.8. The van der Waals surface area contributed by atoms with Gasteiger partial charge in [-0.2, -0.15) is 0 Å². The third-order valence-corrected chi connectivity index (χ3v) is 13.0. The lowest BCUT2D eigenvalue weighted by Gasteiger charge is -2.27. The summed E-state index contributed by atoms with van der Waals surface area (Å²) in [6.07, 6.45) is 0. The van der Waals surface area contributed by atoms with E-state index in [1.165, 1.54) is 42.4 Å². The van der Waals surface area contributed by atoms with E-state index in [-0.39, 0.29) is 5.41 Å². The fraction of sp³-hybridized carbons (Fsp3) is 0.0577. The monoisotopic (exact) mass is 750 g/mol. The molecular formula is C52H34N2O2S. The van der Waals surface area contributed by atoms with E-state index in [4.69, 9.17) is 13.8 Å². The quantitative estimate of drug-likeness (QED) is 0.176. The van der Waals surface area contributed by atoms with Crippen molar-refractivity contribution in [1.29, 1.82) is 0 Å². The second-order valence-corrected chi connectivity index (χ2v) is 16.6. The van der Waals surface area contributed by atoms with Gasteiger partial charge in [0.1, 0.15) is 16.7 Å². The average molecular weight is 751 g/mol. The molecule has 0 spiro atoms. The molecule has 0 bridgehead atoms. The predicted octanol–water partition coefficient (Wildman–Crippen LogP) is 15.2. The van der Waals surface area contributed by atoms with Crippen LogP contribution >= 0.6 is 11.3 Å². The first-order valence-electron chi connectivity index (χ1n) is 19.4. The zero-order chi connectivity index (χ0) is 37.8. The number of hydrogen-bond acceptors (Lipinski definition) is 5. The van der Waals surface area contributed by atoms with Gasteiger partial charge < -0.3 is 13.7 Å². The topological polar surface area (TPSA) is 42.4 Å². The fourth-order valence-electron chi connectivity index (χ4n) is 9.13. The van der Waals surface area contributed by atoms with Crippen LogP contribution in [-0.4, -0.2) is 4.98 Å². The molecule has 3 aromatic heterocycles. The minimum atomic E-state index is -0.0609. The molecule has 0 N–H and O–H groups in total. The van der Waals surface area contributed by atoms with Crippen LogP contribution in [0.15, 0.2) is 179 Å². The van der Waals surface area contributed by atoms with Crippen molar-refractivity contribution in [2.75, 3.05) is 4.90 Å². The molecule has 0 unspecified atom stereocenters. The standard InChI is InChI=1S/C52H34N2O2S/c1-52(2)42-16-8-6-13-37(42)40-27-34(24-26-43(40)52)54(35-23-25-39-38-14-7-9-18-48(38)57-49(39)28-35)33-21-19-31(20-22-33)36-15-10-17-45-50(36)41-29-47-44(30-46(41)55-45)53-51(56-47)32-11-4-3-5-12-32/h3-30H,1-2H3. The van der Waals surface area contributed by atoms with Crippen LogP contribution in [-0.2, 0) is 5.41 Å². The van der Waals surface area contributed by atoms with Gasteiger partial charge in [-0.1, -0.05) is 111 Å². The lowest BCUT2D eigenvalue weighted by Crippen LogP contribution is -2.15. The molecule has 11 aromatic rings. The van der Waals surface area contributed by atoms with Crippen LogP contribution in [0.4, 0.5) is 17.1 Å². The van der Waals surface area contributed by atoms with Gasteiger partial charge in [0.15, 0.2) is 5.58 Å². The molecule has 8 aromatic carbocycles. The summed E-state index contributed by atoms with van der Waals surface area (Å²) in [4.78, 5) is 7.20. The van der Waals surface area contributed by atoms with Crippen molar-refractivity contribution in [2.45, 2.75) is 19.3 Å². The number of oxazole rings is 1. The zero-order valence-electron chi connectivity index (χ0n) is 31.3. The molecule has 1 aliphatic rings. The largest absolute Gasteiger partial charge is 0.456 e. The number of fused-ring (bicyclic) bond motifs is 10. The Morgan fingerprint density at radius 3 is 2.09 bits per heavy atom. The molecule has 1 aliphatic carbocycles. The lowest BCUT2D eigenvalue weighted by molar-refractivity contribution is 0.620. The van der Waals surface area contributed by atoms with E-state index in [9.17, 15) is 0 Å². The highest BCUT2D eigenvalue weighted by Crippen LogP contribution is 2.51. The summed E-state index contributed by atoms with van der Waals surface area (Å²) in [5.74, 6) is 0.603. The van der Waals surface area contributed by atoms with Gasteiger partial charge in [-0.15, -0.1) is 11.3 Å². The third-order valence-electron chi connectivity index (χ3n) is 11.9. The first-order valence-corrected chi connectivity index (χ1v) is 20.2. The summed E-state index contributed by atoms with van der Waals surface area (Å²) in [5.41, 5.74) is 14.9. The van der Waals surface area contributed by atoms with E-state index in [0.717, 1.165) is 66.8 Å². The SMILES string of the molecule is CC1(C)c2ccccc2-c2cc(N(c3ccc(-c4cccc5oc6cc7nc(-c8ccccc8)oc7cc6c45)cc3)c3ccc4c(c3)sc3ccccc34)ccc21. The van der Waals surface area contributed by atoms with Crippen LogP contribution in [0.2, 0.25) is 0 Å². The molecule has 0 radical (unpaired) electrons. The van der Waals surface area contributed by atoms with Gasteiger partial charge in [0, 0.05) is 65.1 Å². The number of benzene rings is 8. The Labute approximate surface area is 332 Å². The maximum Gasteiger partial charge on any atom is 0.227 e. The normalized spacial score (nSPS) is 13.2. The number of nitrogens with zero attached hydrogens (tertiary/aromatic N) is 2. The molecule has 5 heteroatoms. The van der Waals surface area contributed by atoms with E-state index < -0.39 is 0 Å². The molecule has 0 saturated carbocycles. The van der Waals surface area contributed by atoms with E-state index in [0.29, 0.717) is 5.89 Å². The Morgan fingerprint density at radius 2 is 1.19 bits per heavy atom. The minimum Gasteiger partial charge on any atom is -0.456 e. The smallest absolute Gasteiger partial charge is 0.227 e. The van der Waals surface area contributed by atoms with E-state index in [2.05, 4.69) is 146 Å². The molecule has 0 saturated heterocycles. The maximum absolute atomic E-state index is 6.46. The highest BCUT2D eigenvalue weighted by atomic mass is 32.1. The van der Waals surface area contributed by atoms with Crippen molar-refractivity contribution in [1.82, 2.24) is 4.98 Å². The molecule has 0 aliphatic heterocycles. The molecule has 0 amide bonds. The first kappa shape index (κ1) is 32.3. The number of thiophene rings is 1. The third kappa shape index (κ3) is 4.89. The second-order valence-electron chi connectivity index (χ2n) is 15.5. The number of furan rings is 1. The molecular weight excluding hydrogens is 717 g/mol. The van der Waals surface area contributed by atoms with Gasteiger partial charge in [0.2, 0.25) is 5.89 Å². The van der Waals surface area contributed by atoms with Crippen molar-refractivity contribution in [3.63, 3.8) is 0 Å². The number of aromatic nitrogens is 1. The summed E-state index contributed by atoms with van der Waals surface area (Å²) in [7, 11) is 0. The Bertz CT molecular complexity index is 3390. The predicted molar refractivity (Wildman–Crippen MR) is 237 cm³/mol. The Kier molecular flexibility index (Phi) is 6.82. The molecule has 4 nitrogen and oxygen atoms in total. The van der Waals surface area contributed by atoms with E-state index in [1.54, 1.807) is 0 Å². The highest BCUT2D eigenvalue weighted by Gasteiger charge is 2.35. The van der Waals surface area contributed by atoms with Crippen molar-refractivity contribution >= 4 is 81.6 Å². The number of anilines is 3. The van der Waals surface area contributed by atoms with E-state index >= 15 is 0 Å². The van der Waals surface area contributed by atoms with Crippen molar-refractivity contribution in [2.24, 2.45) is 0 Å². The number of hydrogen-bond donors (Lipinski definition) is 0. The Balaban J connectivity index is 0.996. The molecule has 270 valence electrons. The van der Waals surface area contributed by atoms with E-state index in [1.807, 2.05) is 53.8 Å². The Hall–Kier alpha value is -6.95. The Morgan fingerprint density at radius 1 is 0.474 bits per heavy atom. The molecule has 3 heterocycles. The van der Waals surface area contributed by atoms with Crippen molar-refractivity contribution < 1.29 is 8.83 Å². The molecule has 0 fully saturated rings. The first-order chi connectivity index (χ1) is 28.0. The van der Waals surface area contributed by atoms with Crippen LogP contribution < -0.4 is 4.90 Å². The lowest BCUT2D eigenvalue weighted by atomic mass is 9.82. The van der Waals surface area contributed by atoms with Crippen LogP contribution in [0.3, 0.4) is 0 Å². The zero-order valence-corrected chi connectivity index (χ0v) is 32.1. The highest BCUT2D eigenvalue weighted by molar-refractivity contribution is 7.25. The van der Waals surface area contributed by atoms with Crippen LogP contribution in [0.25, 0.3) is 86.9 Å². The van der Waals surface area contributed by atoms with Gasteiger partial charge in [0.25, 0.3) is 0 Å². The van der Waals surface area contributed by atoms with Crippen LogP contribution in [0.5, 0.6) is 0 Å². The van der Waals surface area contributed by atoms with Gasteiger partial charge >= 0.3 is 0 Å². The van der Waals surface area contributed by atoms with Gasteiger partial charge in [-0.3, -0.25) is 0 Å². The van der Waals surface area contributed by atoms with Crippen molar-refractivity contribution in [3.8, 4) is 33.7 Å². The van der Waals surface area contributed by atoms with Crippen LogP contribution in [0.1, 0.15) is 25.0 Å². The van der Waals surface area contributed by atoms with Crippen LogP contribution in [0, 0.1) is 0 Å². The fourth-order valence-corrected chi connectivity index (χ4v) is 10.3. The van der Waals surface area contributed by atoms with Gasteiger partial charge in [0.05, 0.1) is 0 Å². The summed E-state index contributed by atoms with van der Waals surface area (Å²) in [6.45, 7) is 4.67. The summed E-state index contributed by atoms with van der Waals surface area (Å²) >= 11 is 1.85. The number of rotatable bonds is 5. The van der Waals surface area contributed by atoms with Gasteiger partial charge in [-0.05, 0) is 100 Å². The summed E-state index contributed by atoms with van der Waals surface area (Å²) in [5, 5.41) is 4.66. The average Bonchev–Trinajstić information content (AvgIpc) is 4.00. The molecule has 12 rings (SSSR count). The molecule has 0 atom stereocenters. The second kappa shape index (κ2) is 12.0. The summed E-state index contributed by atoms with van der Waals surface area (Å²) < 4.78 is 15.3. The van der Waals surface area contributed by atoms with Gasteiger partial charge in [-0.25, -0.2) is 4.98 Å².